The minimum atomic E-state index is -2.91. The van der Waals surface area contributed by atoms with Crippen molar-refractivity contribution in [2.45, 2.75) is 144 Å². The van der Waals surface area contributed by atoms with Crippen molar-refractivity contribution in [3.05, 3.63) is 35.7 Å². The van der Waals surface area contributed by atoms with E-state index in [1.165, 1.54) is 6.92 Å². The number of rotatable bonds is 1. The Labute approximate surface area is 423 Å². The summed E-state index contributed by atoms with van der Waals surface area (Å²) >= 11 is 3.15. The van der Waals surface area contributed by atoms with E-state index in [9.17, 15) is 39.5 Å². The predicted octanol–water partition coefficient (Wildman–Crippen LogP) is 8.42. The molecule has 3 radical (unpaired) electrons. The second-order valence-electron chi connectivity index (χ2n) is 6.27. The predicted molar refractivity (Wildman–Crippen MR) is 241 cm³/mol. The van der Waals surface area contributed by atoms with Gasteiger partial charge in [0.25, 0.3) is 0 Å². The van der Waals surface area contributed by atoms with Gasteiger partial charge in [-0.05, 0) is 76.2 Å². The fourth-order valence-electron chi connectivity index (χ4n) is 0. The SMILES string of the molecule is Br.C#CC.C#CC(C)(C)O.C/C(F)=C(/C)F.CC.CC.CC.CC.CC#CC.CC(F)=C(F)F.CC=O.CCBr.CCO.CCOC.CO.FC(F)=C(F)F.[B].[H-].[Na+].[Na+].[OH-]. The molecule has 0 rings (SSSR count). The zero-order chi connectivity index (χ0) is 48.3. The largest absolute Gasteiger partial charge is 1.00 e. The molecule has 0 fully saturated rings. The first-order valence-corrected chi connectivity index (χ1v) is 17.5. The van der Waals surface area contributed by atoms with E-state index in [4.69, 9.17) is 26.5 Å². The van der Waals surface area contributed by atoms with E-state index in [0.717, 1.165) is 39.2 Å². The van der Waals surface area contributed by atoms with Gasteiger partial charge in [-0.3, -0.25) is 0 Å². The molecule has 4 N–H and O–H groups in total. The Bertz CT molecular complexity index is 728. The summed E-state index contributed by atoms with van der Waals surface area (Å²) in [5.41, 5.74) is -0.931. The van der Waals surface area contributed by atoms with Crippen LogP contribution in [-0.4, -0.2) is 73.9 Å². The number of aliphatic hydroxyl groups is 3. The van der Waals surface area contributed by atoms with E-state index >= 15 is 0 Å². The Morgan fingerprint density at radius 3 is 0.814 bits per heavy atom. The molecule has 0 aromatic heterocycles. The molecule has 0 spiro atoms. The maximum Gasteiger partial charge on any atom is 1.00 e. The average Bonchev–Trinajstić information content (AvgIpc) is 3.14. The molecule has 0 aliphatic rings. The number of carbonyl (C=O) groups is 1. The third kappa shape index (κ3) is 639. The Balaban J connectivity index is -0.0000000145. The molecular formula is C39H81BBr2F9Na2O6. The molecule has 0 aliphatic heterocycles. The van der Waals surface area contributed by atoms with Crippen LogP contribution >= 0.6 is 32.9 Å². The molecule has 0 bridgehead atoms. The minimum absolute atomic E-state index is 0. The molecule has 0 unspecified atom stereocenters. The van der Waals surface area contributed by atoms with Crippen molar-refractivity contribution >= 4 is 47.6 Å². The Morgan fingerprint density at radius 2 is 0.814 bits per heavy atom. The number of terminal acetylenes is 2. The number of ether oxygens (including phenoxy) is 1. The molecule has 355 valence electrons. The van der Waals surface area contributed by atoms with Crippen molar-refractivity contribution < 1.29 is 130 Å². The molecule has 59 heavy (non-hydrogen) atoms. The summed E-state index contributed by atoms with van der Waals surface area (Å²) in [7, 11) is 2.68. The van der Waals surface area contributed by atoms with Crippen molar-refractivity contribution in [1.29, 1.82) is 0 Å². The van der Waals surface area contributed by atoms with Crippen molar-refractivity contribution in [1.82, 2.24) is 0 Å². The van der Waals surface area contributed by atoms with Crippen LogP contribution in [0.2, 0.25) is 0 Å². The Hall–Kier alpha value is -0.235. The quantitative estimate of drug-likeness (QED) is 0.0799. The summed E-state index contributed by atoms with van der Waals surface area (Å²) in [6, 6.07) is 0. The summed E-state index contributed by atoms with van der Waals surface area (Å²) in [4.78, 5) is 8.81. The molecule has 0 atom stereocenters. The van der Waals surface area contributed by atoms with Gasteiger partial charge in [0.15, 0.2) is 5.83 Å². The number of aldehydes is 1. The van der Waals surface area contributed by atoms with Gasteiger partial charge in [-0.1, -0.05) is 84.2 Å². The van der Waals surface area contributed by atoms with Crippen LogP contribution in [0.4, 0.5) is 39.5 Å². The van der Waals surface area contributed by atoms with Gasteiger partial charge < -0.3 is 31.8 Å². The van der Waals surface area contributed by atoms with Crippen LogP contribution < -0.4 is 59.1 Å². The number of methoxy groups -OCH3 is 1. The number of carbonyl (C=O) groups excluding carboxylic acids is 1. The summed E-state index contributed by atoms with van der Waals surface area (Å²) in [6.07, 6.45) is 2.10. The van der Waals surface area contributed by atoms with Gasteiger partial charge in [0.1, 0.15) is 23.5 Å². The number of hydrogen-bond donors (Lipinski definition) is 3. The van der Waals surface area contributed by atoms with Crippen molar-refractivity contribution in [3.63, 3.8) is 0 Å². The minimum Gasteiger partial charge on any atom is -1.00 e. The van der Waals surface area contributed by atoms with E-state index in [1.807, 2.05) is 83.1 Å². The number of aliphatic hydroxyl groups excluding tert-OH is 2. The van der Waals surface area contributed by atoms with Gasteiger partial charge in [-0.25, -0.2) is 13.2 Å². The van der Waals surface area contributed by atoms with Crippen LogP contribution in [0.1, 0.15) is 140 Å². The van der Waals surface area contributed by atoms with E-state index in [1.54, 1.807) is 34.8 Å². The van der Waals surface area contributed by atoms with Crippen LogP contribution in [-0.2, 0) is 9.53 Å². The molecular weight excluding hydrogens is 952 g/mol. The van der Waals surface area contributed by atoms with Gasteiger partial charge >= 0.3 is 77.4 Å². The average molecular weight is 1030 g/mol. The maximum absolute atomic E-state index is 11.3. The first kappa shape index (κ1) is 130. The van der Waals surface area contributed by atoms with E-state index in [2.05, 4.69) is 50.8 Å². The summed E-state index contributed by atoms with van der Waals surface area (Å²) in [6.45, 7) is 35.5. The van der Waals surface area contributed by atoms with Crippen LogP contribution in [0.25, 0.3) is 0 Å². The fraction of sp³-hybridized carbons (Fsp3) is 0.667. The van der Waals surface area contributed by atoms with Crippen molar-refractivity contribution in [2.24, 2.45) is 0 Å². The van der Waals surface area contributed by atoms with Gasteiger partial charge in [0, 0.05) is 41.2 Å². The van der Waals surface area contributed by atoms with Crippen molar-refractivity contribution in [2.75, 3.05) is 32.8 Å². The van der Waals surface area contributed by atoms with Crippen LogP contribution in [0, 0.1) is 36.5 Å². The van der Waals surface area contributed by atoms with Gasteiger partial charge in [0.2, 0.25) is 0 Å². The van der Waals surface area contributed by atoms with Crippen molar-refractivity contribution in [3.8, 4) is 36.5 Å². The third-order valence-electron chi connectivity index (χ3n) is 1.77. The molecule has 0 amide bonds. The van der Waals surface area contributed by atoms with Crippen LogP contribution in [0.3, 0.4) is 0 Å². The molecule has 0 heterocycles. The van der Waals surface area contributed by atoms with Crippen LogP contribution in [0.15, 0.2) is 35.7 Å². The first-order valence-electron chi connectivity index (χ1n) is 16.4. The Morgan fingerprint density at radius 1 is 0.712 bits per heavy atom. The summed E-state index contributed by atoms with van der Waals surface area (Å²) in [5.74, 6) is 6.88. The zero-order valence-corrected chi connectivity index (χ0v) is 48.0. The van der Waals surface area contributed by atoms with E-state index in [0.29, 0.717) is 6.92 Å². The maximum atomic E-state index is 11.3. The van der Waals surface area contributed by atoms with E-state index < -0.39 is 41.3 Å². The Kier molecular flexibility index (Phi) is 383. The smallest absolute Gasteiger partial charge is 1.00 e. The molecule has 0 aromatic carbocycles. The molecule has 0 aromatic rings. The molecule has 0 saturated carbocycles. The topological polar surface area (TPSA) is 117 Å². The third-order valence-corrected chi connectivity index (χ3v) is 1.77. The molecule has 20 heteroatoms. The number of allylic oxidation sites excluding steroid dienone is 3. The second-order valence-corrected chi connectivity index (χ2v) is 7.39. The fourth-order valence-corrected chi connectivity index (χ4v) is 0. The van der Waals surface area contributed by atoms with Gasteiger partial charge in [-0.15, -0.1) is 47.6 Å². The van der Waals surface area contributed by atoms with Gasteiger partial charge in [-0.2, -0.15) is 26.3 Å². The first-order chi connectivity index (χ1) is 25.0. The second kappa shape index (κ2) is 173. The summed E-state index contributed by atoms with van der Waals surface area (Å²) < 4.78 is 101. The molecule has 6 nitrogen and oxygen atoms in total. The standard InChI is InChI=1S/C5H8O.C4H6F2.C4H6.C3H3F3.C3H8O.C3H4.C2H5Br.C2F4.C2H6O.C2H4O.4C2H6.CH4O.B.BrH.2Na.H2O.H/c1-4-5(2,3)6;1-3(5)4(2)6;1-3-4-2;1-2(4)3(5)6;1-3-4-2;1-3-2;1-2-3;3-1(4)2(5)6;2*1-2-3;5*1-2;;;;;;/h1,6H,2-3H3;1-2H3;1-2H3;1H3;3H2,1-2H3;1H,2H3;2H2,1H3;;3H,2H2,1H3;2H,1H3;4*1-2H3;2H,1H3;;1H;;;1H2;/q;;;;;;;;;;;;;;;;;2*+1;;-1/p-1/b;4-3+;;;;;;;;;;;;;;;;;;;. The molecule has 0 saturated heterocycles. The van der Waals surface area contributed by atoms with Crippen LogP contribution in [0.5, 0.6) is 0 Å². The number of halogens is 11. The number of alkyl halides is 1. The summed E-state index contributed by atoms with van der Waals surface area (Å²) in [5, 5.41) is 24.2. The number of hydrogen-bond acceptors (Lipinski definition) is 6. The normalized spacial score (nSPS) is 6.32. The molecule has 0 aliphatic carbocycles. The van der Waals surface area contributed by atoms with Gasteiger partial charge in [0.05, 0.1) is 0 Å². The monoisotopic (exact) mass is 1030 g/mol. The zero-order valence-electron chi connectivity index (χ0n) is 41.7. The van der Waals surface area contributed by atoms with E-state index in [-0.39, 0.29) is 98.0 Å².